The van der Waals surface area contributed by atoms with Crippen LogP contribution in [0.25, 0.3) is 11.1 Å². The quantitative estimate of drug-likeness (QED) is 0.281. The van der Waals surface area contributed by atoms with Gasteiger partial charge in [-0.1, -0.05) is 32.0 Å². The van der Waals surface area contributed by atoms with Crippen LogP contribution in [0.4, 0.5) is 10.1 Å². The first kappa shape index (κ1) is 31.2. The number of rotatable bonds is 10. The number of methoxy groups -OCH3 is 1. The molecule has 0 bridgehead atoms. The van der Waals surface area contributed by atoms with Crippen LogP contribution in [0.3, 0.4) is 0 Å². The van der Waals surface area contributed by atoms with Crippen molar-refractivity contribution in [1.29, 1.82) is 0 Å². The molecule has 9 heteroatoms. The number of ether oxygens (including phenoxy) is 3. The molecule has 42 heavy (non-hydrogen) atoms. The van der Waals surface area contributed by atoms with Crippen LogP contribution in [0.1, 0.15) is 70.4 Å². The molecule has 226 valence electrons. The number of aliphatic carboxylic acids is 1. The standard InChI is InChI=1S/C33H42FN3O5/c1-21-27(29(31(38)39)42-32(2,3)4)28(37-15-13-33(5,6)14-16-37)24(20-35-21)23-18-25(34)30(36-19-23)41-17-12-22-10-8-9-11-26(22)40-7/h8-11,18-20,29H,12-17H2,1-7H3,(H,38,39)/t29-/m0/s1. The molecule has 1 aliphatic heterocycles. The lowest BCUT2D eigenvalue weighted by atomic mass is 9.82. The van der Waals surface area contributed by atoms with E-state index in [9.17, 15) is 9.90 Å². The van der Waals surface area contributed by atoms with Gasteiger partial charge in [0.25, 0.3) is 0 Å². The first-order valence-electron chi connectivity index (χ1n) is 14.4. The highest BCUT2D eigenvalue weighted by Gasteiger charge is 2.36. The summed E-state index contributed by atoms with van der Waals surface area (Å²) in [6.45, 7) is 13.4. The molecule has 1 aliphatic rings. The molecule has 0 unspecified atom stereocenters. The number of nitrogens with zero attached hydrogens (tertiary/aromatic N) is 3. The normalized spacial score (nSPS) is 15.8. The van der Waals surface area contributed by atoms with Gasteiger partial charge in [-0.15, -0.1) is 0 Å². The van der Waals surface area contributed by atoms with Crippen LogP contribution < -0.4 is 14.4 Å². The van der Waals surface area contributed by atoms with Gasteiger partial charge in [-0.25, -0.2) is 14.2 Å². The Morgan fingerprint density at radius 1 is 1.14 bits per heavy atom. The smallest absolute Gasteiger partial charge is 0.337 e. The highest BCUT2D eigenvalue weighted by molar-refractivity contribution is 5.86. The molecule has 1 N–H and O–H groups in total. The Morgan fingerprint density at radius 3 is 2.45 bits per heavy atom. The molecular formula is C33H42FN3O5. The lowest BCUT2D eigenvalue weighted by Crippen LogP contribution is -2.39. The summed E-state index contributed by atoms with van der Waals surface area (Å²) < 4.78 is 32.6. The number of carboxylic acid groups (broad SMARTS) is 1. The fraction of sp³-hybridized carbons (Fsp3) is 0.485. The SMILES string of the molecule is COc1ccccc1CCOc1ncc(-c2cnc(C)c([C@H](OC(C)(C)C)C(=O)O)c2N2CCC(C)(C)CC2)cc1F. The first-order valence-corrected chi connectivity index (χ1v) is 14.4. The number of para-hydroxylation sites is 1. The van der Waals surface area contributed by atoms with Crippen molar-refractivity contribution >= 4 is 11.7 Å². The number of hydrogen-bond acceptors (Lipinski definition) is 7. The van der Waals surface area contributed by atoms with Crippen molar-refractivity contribution in [2.24, 2.45) is 5.41 Å². The minimum absolute atomic E-state index is 0.102. The minimum atomic E-state index is -1.25. The Balaban J connectivity index is 1.71. The van der Waals surface area contributed by atoms with Crippen LogP contribution in [-0.2, 0) is 16.0 Å². The van der Waals surface area contributed by atoms with Crippen LogP contribution in [-0.4, -0.2) is 53.5 Å². The zero-order chi connectivity index (χ0) is 30.7. The summed E-state index contributed by atoms with van der Waals surface area (Å²) >= 11 is 0. The Hall–Kier alpha value is -3.72. The molecule has 0 aliphatic carbocycles. The van der Waals surface area contributed by atoms with Crippen LogP contribution in [0.2, 0.25) is 0 Å². The van der Waals surface area contributed by atoms with E-state index in [1.54, 1.807) is 26.4 Å². The van der Waals surface area contributed by atoms with Gasteiger partial charge < -0.3 is 24.2 Å². The van der Waals surface area contributed by atoms with E-state index in [1.165, 1.54) is 6.07 Å². The average molecular weight is 580 g/mol. The molecular weight excluding hydrogens is 537 g/mol. The second-order valence-electron chi connectivity index (χ2n) is 12.5. The molecule has 0 amide bonds. The lowest BCUT2D eigenvalue weighted by Gasteiger charge is -2.40. The molecule has 0 saturated carbocycles. The fourth-order valence-corrected chi connectivity index (χ4v) is 5.24. The van der Waals surface area contributed by atoms with Gasteiger partial charge in [0.05, 0.1) is 25.0 Å². The maximum atomic E-state index is 15.4. The largest absolute Gasteiger partial charge is 0.496 e. The Morgan fingerprint density at radius 2 is 1.83 bits per heavy atom. The zero-order valence-corrected chi connectivity index (χ0v) is 25.7. The summed E-state index contributed by atoms with van der Waals surface area (Å²) in [5, 5.41) is 10.3. The number of anilines is 1. The number of aryl methyl sites for hydroxylation is 1. The number of aromatic nitrogens is 2. The second kappa shape index (κ2) is 12.7. The molecule has 1 atom stereocenters. The maximum Gasteiger partial charge on any atom is 0.337 e. The average Bonchev–Trinajstić information content (AvgIpc) is 2.92. The third-order valence-electron chi connectivity index (χ3n) is 7.60. The summed E-state index contributed by atoms with van der Waals surface area (Å²) in [4.78, 5) is 23.6. The van der Waals surface area contributed by atoms with Gasteiger partial charge in [0.2, 0.25) is 5.88 Å². The van der Waals surface area contributed by atoms with E-state index in [0.29, 0.717) is 34.5 Å². The summed E-state index contributed by atoms with van der Waals surface area (Å²) in [5.41, 5.74) is 3.22. The van der Waals surface area contributed by atoms with Crippen molar-refractivity contribution in [3.05, 3.63) is 65.4 Å². The number of halogens is 1. The number of hydrogen-bond donors (Lipinski definition) is 1. The highest BCUT2D eigenvalue weighted by atomic mass is 19.1. The Bertz CT molecular complexity index is 1410. The van der Waals surface area contributed by atoms with Gasteiger partial charge in [0.1, 0.15) is 5.75 Å². The van der Waals surface area contributed by atoms with E-state index in [4.69, 9.17) is 14.2 Å². The van der Waals surface area contributed by atoms with E-state index in [-0.39, 0.29) is 17.9 Å². The Labute approximate surface area is 247 Å². The third kappa shape index (κ3) is 7.37. The van der Waals surface area contributed by atoms with E-state index < -0.39 is 23.5 Å². The minimum Gasteiger partial charge on any atom is -0.496 e. The monoisotopic (exact) mass is 579 g/mol. The summed E-state index contributed by atoms with van der Waals surface area (Å²) in [7, 11) is 1.61. The third-order valence-corrected chi connectivity index (χ3v) is 7.60. The molecule has 3 aromatic rings. The predicted octanol–water partition coefficient (Wildman–Crippen LogP) is 6.79. The summed E-state index contributed by atoms with van der Waals surface area (Å²) in [5.74, 6) is -1.07. The van der Waals surface area contributed by atoms with Crippen molar-refractivity contribution in [2.45, 2.75) is 72.5 Å². The highest BCUT2D eigenvalue weighted by Crippen LogP contribution is 2.43. The Kier molecular flexibility index (Phi) is 9.40. The number of piperidine rings is 1. The summed E-state index contributed by atoms with van der Waals surface area (Å²) in [6.07, 6.45) is 4.35. The van der Waals surface area contributed by atoms with Crippen molar-refractivity contribution < 1.29 is 28.5 Å². The van der Waals surface area contributed by atoms with Crippen molar-refractivity contribution in [3.63, 3.8) is 0 Å². The van der Waals surface area contributed by atoms with E-state index in [1.807, 2.05) is 45.0 Å². The van der Waals surface area contributed by atoms with Gasteiger partial charge >= 0.3 is 5.97 Å². The topological polar surface area (TPSA) is 94.0 Å². The van der Waals surface area contributed by atoms with Gasteiger partial charge in [-0.2, -0.15) is 0 Å². The van der Waals surface area contributed by atoms with Crippen LogP contribution in [0, 0.1) is 18.2 Å². The number of carbonyl (C=O) groups is 1. The predicted molar refractivity (Wildman–Crippen MR) is 161 cm³/mol. The van der Waals surface area contributed by atoms with Crippen molar-refractivity contribution in [2.75, 3.05) is 31.7 Å². The van der Waals surface area contributed by atoms with Gasteiger partial charge in [-0.3, -0.25) is 4.98 Å². The molecule has 4 rings (SSSR count). The molecule has 1 saturated heterocycles. The van der Waals surface area contributed by atoms with Gasteiger partial charge in [0, 0.05) is 54.3 Å². The van der Waals surface area contributed by atoms with Crippen LogP contribution in [0.5, 0.6) is 11.6 Å². The zero-order valence-electron chi connectivity index (χ0n) is 25.7. The van der Waals surface area contributed by atoms with Crippen molar-refractivity contribution in [1.82, 2.24) is 9.97 Å². The van der Waals surface area contributed by atoms with Gasteiger partial charge in [-0.05, 0) is 63.6 Å². The first-order chi connectivity index (χ1) is 19.8. The number of benzene rings is 1. The number of pyridine rings is 2. The van der Waals surface area contributed by atoms with Crippen molar-refractivity contribution in [3.8, 4) is 22.8 Å². The molecule has 0 spiro atoms. The van der Waals surface area contributed by atoms with E-state index >= 15 is 4.39 Å². The molecule has 3 heterocycles. The molecule has 2 aromatic heterocycles. The molecule has 1 aromatic carbocycles. The van der Waals surface area contributed by atoms with Gasteiger partial charge in [0.15, 0.2) is 11.9 Å². The van der Waals surface area contributed by atoms with Crippen LogP contribution in [0.15, 0.2) is 42.7 Å². The maximum absolute atomic E-state index is 15.4. The number of carboxylic acids is 1. The molecule has 1 fully saturated rings. The lowest BCUT2D eigenvalue weighted by molar-refractivity contribution is -0.160. The molecule has 8 nitrogen and oxygen atoms in total. The molecule has 0 radical (unpaired) electrons. The summed E-state index contributed by atoms with van der Waals surface area (Å²) in [6, 6.07) is 8.99. The van der Waals surface area contributed by atoms with E-state index in [0.717, 1.165) is 37.2 Å². The van der Waals surface area contributed by atoms with E-state index in [2.05, 4.69) is 28.7 Å². The van der Waals surface area contributed by atoms with Crippen LogP contribution >= 0.6 is 0 Å². The fourth-order valence-electron chi connectivity index (χ4n) is 5.24. The second-order valence-corrected chi connectivity index (χ2v) is 12.5.